The first-order valence-corrected chi connectivity index (χ1v) is 24.0. The molecule has 0 fully saturated rings. The first-order valence-electron chi connectivity index (χ1n) is 24.0. The van der Waals surface area contributed by atoms with Crippen molar-refractivity contribution in [3.8, 4) is 22.3 Å². The van der Waals surface area contributed by atoms with E-state index in [1.165, 1.54) is 110 Å². The first kappa shape index (κ1) is 39.0. The Labute approximate surface area is 397 Å². The summed E-state index contributed by atoms with van der Waals surface area (Å²) in [4.78, 5) is 5.14. The van der Waals surface area contributed by atoms with Crippen molar-refractivity contribution in [2.24, 2.45) is 0 Å². The van der Waals surface area contributed by atoms with Crippen molar-refractivity contribution in [2.45, 2.75) is 38.5 Å². The standard InChI is InChI=1S/C66H48N2/c1-65(2)51-25-11-9-23-47(51)63-53(65)27-15-31-59(63)67(55-29-13-19-41-17-5-7-21-45(41)55)57-39-35-43-34-38-50-58(40-36-44-33-37-49(57)61(43)62(44)50)68(56-30-14-20-42-18-6-8-22-46(42)56)60-32-16-28-54-64(60)48-24-10-12-26-52(48)66(54,3)4/h5-40H,1-4H3. The molecule has 2 nitrogen and oxygen atoms in total. The molecular weight excluding hydrogens is 821 g/mol. The van der Waals surface area contributed by atoms with Crippen LogP contribution in [0.3, 0.4) is 0 Å². The molecule has 0 radical (unpaired) electrons. The van der Waals surface area contributed by atoms with Crippen LogP contribution in [0.15, 0.2) is 218 Å². The van der Waals surface area contributed by atoms with E-state index in [2.05, 4.69) is 256 Å². The van der Waals surface area contributed by atoms with E-state index in [4.69, 9.17) is 0 Å². The molecule has 68 heavy (non-hydrogen) atoms. The molecule has 0 N–H and O–H groups in total. The molecule has 0 aliphatic heterocycles. The lowest BCUT2D eigenvalue weighted by atomic mass is 9.82. The topological polar surface area (TPSA) is 6.48 Å². The summed E-state index contributed by atoms with van der Waals surface area (Å²) in [5.74, 6) is 0. The van der Waals surface area contributed by atoms with E-state index in [0.717, 1.165) is 22.7 Å². The van der Waals surface area contributed by atoms with Gasteiger partial charge in [0.15, 0.2) is 0 Å². The van der Waals surface area contributed by atoms with Gasteiger partial charge in [-0.15, -0.1) is 0 Å². The van der Waals surface area contributed by atoms with Gasteiger partial charge in [-0.3, -0.25) is 0 Å². The molecule has 2 heteroatoms. The van der Waals surface area contributed by atoms with Crippen LogP contribution in [0.25, 0.3) is 76.1 Å². The molecule has 2 aliphatic carbocycles. The van der Waals surface area contributed by atoms with E-state index in [9.17, 15) is 0 Å². The molecule has 12 aromatic rings. The first-order chi connectivity index (χ1) is 33.3. The number of nitrogens with zero attached hydrogens (tertiary/aromatic N) is 2. The van der Waals surface area contributed by atoms with Crippen LogP contribution >= 0.6 is 0 Å². The minimum absolute atomic E-state index is 0.141. The van der Waals surface area contributed by atoms with Crippen molar-refractivity contribution in [3.63, 3.8) is 0 Å². The highest BCUT2D eigenvalue weighted by molar-refractivity contribution is 6.29. The summed E-state index contributed by atoms with van der Waals surface area (Å²) in [6.07, 6.45) is 0. The van der Waals surface area contributed by atoms with Crippen LogP contribution < -0.4 is 9.80 Å². The highest BCUT2D eigenvalue weighted by atomic mass is 15.2. The molecular formula is C66H48N2. The Kier molecular flexibility index (Phi) is 8.12. The maximum absolute atomic E-state index is 2.57. The van der Waals surface area contributed by atoms with Crippen LogP contribution in [0.4, 0.5) is 34.1 Å². The largest absolute Gasteiger partial charge is 0.309 e. The van der Waals surface area contributed by atoms with Crippen molar-refractivity contribution >= 4 is 88.0 Å². The number of fused-ring (bicyclic) bond motifs is 8. The van der Waals surface area contributed by atoms with Crippen molar-refractivity contribution in [2.75, 3.05) is 9.80 Å². The van der Waals surface area contributed by atoms with E-state index in [1.54, 1.807) is 0 Å². The predicted molar refractivity (Wildman–Crippen MR) is 290 cm³/mol. The lowest BCUT2D eigenvalue weighted by Crippen LogP contribution is -2.16. The van der Waals surface area contributed by atoms with Crippen molar-refractivity contribution in [1.29, 1.82) is 0 Å². The fourth-order valence-corrected chi connectivity index (χ4v) is 12.6. The molecule has 0 saturated carbocycles. The van der Waals surface area contributed by atoms with Gasteiger partial charge in [-0.05, 0) is 102 Å². The van der Waals surface area contributed by atoms with Crippen molar-refractivity contribution < 1.29 is 0 Å². The molecule has 0 unspecified atom stereocenters. The average molecular weight is 869 g/mol. The summed E-state index contributed by atoms with van der Waals surface area (Å²) in [6.45, 7) is 9.51. The summed E-state index contributed by atoms with van der Waals surface area (Å²) in [6, 6.07) is 82.1. The molecule has 14 rings (SSSR count). The molecule has 0 bridgehead atoms. The maximum atomic E-state index is 2.57. The summed E-state index contributed by atoms with van der Waals surface area (Å²) < 4.78 is 0. The molecule has 0 aromatic heterocycles. The molecule has 2 aliphatic rings. The number of benzene rings is 12. The van der Waals surface area contributed by atoms with Gasteiger partial charge in [-0.1, -0.05) is 210 Å². The SMILES string of the molecule is CC1(C)c2ccccc2-c2c(N(c3cccc4ccccc34)c3ccc4ccc5c(N(c6cccc7c6-c6ccccc6C7(C)C)c6cccc7ccccc67)ccc6ccc3c4c65)cccc21. The van der Waals surface area contributed by atoms with Crippen LogP contribution in [0.2, 0.25) is 0 Å². The van der Waals surface area contributed by atoms with Gasteiger partial charge in [-0.25, -0.2) is 0 Å². The van der Waals surface area contributed by atoms with Crippen LogP contribution in [0.5, 0.6) is 0 Å². The van der Waals surface area contributed by atoms with Crippen LogP contribution in [-0.2, 0) is 10.8 Å². The van der Waals surface area contributed by atoms with Gasteiger partial charge in [-0.2, -0.15) is 0 Å². The third-order valence-electron chi connectivity index (χ3n) is 15.8. The molecule has 0 amide bonds. The lowest BCUT2D eigenvalue weighted by Gasteiger charge is -2.32. The minimum atomic E-state index is -0.141. The molecule has 0 saturated heterocycles. The molecule has 0 spiro atoms. The summed E-state index contributed by atoms with van der Waals surface area (Å²) in [5.41, 5.74) is 17.4. The number of rotatable bonds is 6. The zero-order valence-electron chi connectivity index (χ0n) is 38.7. The van der Waals surface area contributed by atoms with E-state index in [0.29, 0.717) is 0 Å². The van der Waals surface area contributed by atoms with E-state index in [1.807, 2.05) is 0 Å². The Bertz CT molecular complexity index is 3780. The zero-order valence-corrected chi connectivity index (χ0v) is 38.7. The van der Waals surface area contributed by atoms with Crippen LogP contribution in [0, 0.1) is 0 Å². The number of hydrogen-bond acceptors (Lipinski definition) is 2. The highest BCUT2D eigenvalue weighted by Crippen LogP contribution is 2.58. The summed E-state index contributed by atoms with van der Waals surface area (Å²) in [5, 5.41) is 12.3. The highest BCUT2D eigenvalue weighted by Gasteiger charge is 2.40. The normalized spacial score (nSPS) is 14.1. The van der Waals surface area contributed by atoms with Gasteiger partial charge in [0, 0.05) is 43.5 Å². The van der Waals surface area contributed by atoms with Gasteiger partial charge >= 0.3 is 0 Å². The second kappa shape index (κ2) is 14.2. The molecule has 0 heterocycles. The van der Waals surface area contributed by atoms with Gasteiger partial charge in [0.05, 0.1) is 34.1 Å². The maximum Gasteiger partial charge on any atom is 0.0543 e. The van der Waals surface area contributed by atoms with Gasteiger partial charge in [0.25, 0.3) is 0 Å². The van der Waals surface area contributed by atoms with Crippen LogP contribution in [-0.4, -0.2) is 0 Å². The third kappa shape index (κ3) is 5.29. The molecule has 322 valence electrons. The smallest absolute Gasteiger partial charge is 0.0543 e. The number of hydrogen-bond donors (Lipinski definition) is 0. The fraction of sp³-hybridized carbons (Fsp3) is 0.0909. The van der Waals surface area contributed by atoms with E-state index >= 15 is 0 Å². The Hall–Kier alpha value is -8.20. The lowest BCUT2D eigenvalue weighted by molar-refractivity contribution is 0.660. The quantitative estimate of drug-likeness (QED) is 0.154. The Morgan fingerprint density at radius 2 is 0.588 bits per heavy atom. The van der Waals surface area contributed by atoms with Gasteiger partial charge < -0.3 is 9.80 Å². The number of anilines is 6. The van der Waals surface area contributed by atoms with Gasteiger partial charge in [0.2, 0.25) is 0 Å². The fourth-order valence-electron chi connectivity index (χ4n) is 12.6. The Morgan fingerprint density at radius 3 is 1.06 bits per heavy atom. The Balaban J connectivity index is 1.07. The third-order valence-corrected chi connectivity index (χ3v) is 15.8. The molecule has 0 atom stereocenters. The zero-order chi connectivity index (χ0) is 45.5. The van der Waals surface area contributed by atoms with E-state index in [-0.39, 0.29) is 10.8 Å². The monoisotopic (exact) mass is 868 g/mol. The van der Waals surface area contributed by atoms with Crippen molar-refractivity contribution in [3.05, 3.63) is 241 Å². The van der Waals surface area contributed by atoms with Crippen LogP contribution in [0.1, 0.15) is 49.9 Å². The van der Waals surface area contributed by atoms with Gasteiger partial charge in [0.1, 0.15) is 0 Å². The second-order valence-electron chi connectivity index (χ2n) is 20.0. The molecule has 12 aromatic carbocycles. The summed E-state index contributed by atoms with van der Waals surface area (Å²) >= 11 is 0. The average Bonchev–Trinajstić information content (AvgIpc) is 3.76. The summed E-state index contributed by atoms with van der Waals surface area (Å²) in [7, 11) is 0. The van der Waals surface area contributed by atoms with Crippen molar-refractivity contribution in [1.82, 2.24) is 0 Å². The Morgan fingerprint density at radius 1 is 0.250 bits per heavy atom. The predicted octanol–water partition coefficient (Wildman–Crippen LogP) is 18.4. The minimum Gasteiger partial charge on any atom is -0.309 e. The van der Waals surface area contributed by atoms with E-state index < -0.39 is 0 Å². The second-order valence-corrected chi connectivity index (χ2v) is 20.0.